The van der Waals surface area contributed by atoms with Crippen molar-refractivity contribution < 1.29 is 97.8 Å². The number of rotatable bonds is 11. The number of ether oxygens (including phenoxy) is 10. The van der Waals surface area contributed by atoms with Crippen LogP contribution in [0.5, 0.6) is 0 Å². The highest BCUT2D eigenvalue weighted by Gasteiger charge is 2.71. The molecule has 4 aliphatic carbocycles. The Morgan fingerprint density at radius 1 is 0.710 bits per heavy atom. The van der Waals surface area contributed by atoms with E-state index in [9.17, 15) is 50.4 Å². The normalized spacial score (nSPS) is 53.3. The van der Waals surface area contributed by atoms with Crippen molar-refractivity contribution in [3.63, 3.8) is 0 Å². The molecular formula is C49H76O20. The van der Waals surface area contributed by atoms with E-state index >= 15 is 0 Å². The quantitative estimate of drug-likeness (QED) is 0.104. The van der Waals surface area contributed by atoms with Crippen LogP contribution in [0.2, 0.25) is 0 Å². The molecule has 0 spiro atoms. The molecule has 8 N–H and O–H groups in total. The monoisotopic (exact) mass is 984 g/mol. The van der Waals surface area contributed by atoms with E-state index in [2.05, 4.69) is 6.92 Å². The Labute approximate surface area is 402 Å². The molecule has 0 radical (unpaired) electrons. The Morgan fingerprint density at radius 3 is 1.93 bits per heavy atom. The van der Waals surface area contributed by atoms with Gasteiger partial charge in [-0.2, -0.15) is 0 Å². The fraction of sp³-hybridized carbons (Fsp3) is 0.918. The Hall–Kier alpha value is -1.96. The van der Waals surface area contributed by atoms with Crippen molar-refractivity contribution in [3.05, 3.63) is 11.6 Å². The minimum Gasteiger partial charge on any atom is -0.459 e. The lowest BCUT2D eigenvalue weighted by molar-refractivity contribution is -0.355. The van der Waals surface area contributed by atoms with E-state index in [0.29, 0.717) is 25.2 Å². The van der Waals surface area contributed by atoms with E-state index in [0.717, 1.165) is 37.7 Å². The summed E-state index contributed by atoms with van der Waals surface area (Å²) in [7, 11) is 0. The Morgan fingerprint density at radius 2 is 1.33 bits per heavy atom. The average molecular weight is 985 g/mol. The number of carbonyl (C=O) groups excluding carboxylic acids is 2. The lowest BCUT2D eigenvalue weighted by Gasteiger charge is -2.65. The van der Waals surface area contributed by atoms with E-state index in [1.165, 1.54) is 6.92 Å². The Balaban J connectivity index is 0.752. The number of aliphatic hydroxyl groups excluding tert-OH is 7. The van der Waals surface area contributed by atoms with Gasteiger partial charge >= 0.3 is 11.9 Å². The maximum Gasteiger partial charge on any atom is 0.331 e. The Bertz CT molecular complexity index is 1850. The molecule has 0 aromatic heterocycles. The van der Waals surface area contributed by atoms with Gasteiger partial charge in [0.2, 0.25) is 0 Å². The molecule has 9 aliphatic rings. The van der Waals surface area contributed by atoms with Gasteiger partial charge in [0.1, 0.15) is 55.4 Å². The maximum absolute atomic E-state index is 12.6. The maximum atomic E-state index is 12.6. The zero-order chi connectivity index (χ0) is 49.5. The van der Waals surface area contributed by atoms with Crippen LogP contribution in [-0.2, 0) is 57.0 Å². The molecule has 0 aromatic rings. The third kappa shape index (κ3) is 9.48. The summed E-state index contributed by atoms with van der Waals surface area (Å²) >= 11 is 0. The molecule has 26 atom stereocenters. The largest absolute Gasteiger partial charge is 0.459 e. The number of hydrogen-bond donors (Lipinski definition) is 8. The third-order valence-electron chi connectivity index (χ3n) is 18.4. The summed E-state index contributed by atoms with van der Waals surface area (Å²) in [5.41, 5.74) is -1.01. The summed E-state index contributed by atoms with van der Waals surface area (Å²) in [4.78, 5) is 24.2. The molecule has 5 aliphatic heterocycles. The van der Waals surface area contributed by atoms with Crippen molar-refractivity contribution in [2.45, 2.75) is 234 Å². The number of cyclic esters (lactones) is 1. The van der Waals surface area contributed by atoms with Gasteiger partial charge < -0.3 is 88.2 Å². The number of esters is 2. The van der Waals surface area contributed by atoms with E-state index in [-0.39, 0.29) is 61.1 Å². The van der Waals surface area contributed by atoms with E-state index < -0.39 is 134 Å². The van der Waals surface area contributed by atoms with E-state index in [1.807, 2.05) is 6.92 Å². The first-order valence-corrected chi connectivity index (χ1v) is 25.3. The van der Waals surface area contributed by atoms with Crippen molar-refractivity contribution in [2.75, 3.05) is 13.2 Å². The summed E-state index contributed by atoms with van der Waals surface area (Å²) in [6, 6.07) is 0. The molecule has 0 aromatic carbocycles. The highest BCUT2D eigenvalue weighted by atomic mass is 16.8. The van der Waals surface area contributed by atoms with Gasteiger partial charge in [-0.3, -0.25) is 4.79 Å². The van der Waals surface area contributed by atoms with Crippen LogP contribution in [0, 0.1) is 34.5 Å². The molecule has 392 valence electrons. The van der Waals surface area contributed by atoms with Crippen LogP contribution in [0.15, 0.2) is 11.6 Å². The first kappa shape index (κ1) is 51.9. The highest BCUT2D eigenvalue weighted by molar-refractivity contribution is 5.85. The lowest BCUT2D eigenvalue weighted by atomic mass is 9.42. The van der Waals surface area contributed by atoms with Crippen LogP contribution in [0.4, 0.5) is 0 Å². The average Bonchev–Trinajstić information content (AvgIpc) is 3.84. The minimum atomic E-state index is -1.69. The molecule has 9 rings (SSSR count). The molecule has 5 heterocycles. The second kappa shape index (κ2) is 20.0. The number of fused-ring (bicyclic) bond motifs is 5. The van der Waals surface area contributed by atoms with E-state index in [1.54, 1.807) is 26.8 Å². The molecule has 8 fully saturated rings. The summed E-state index contributed by atoms with van der Waals surface area (Å²) in [5.74, 6) is -0.580. The Kier molecular flexibility index (Phi) is 15.1. The molecule has 0 unspecified atom stereocenters. The van der Waals surface area contributed by atoms with Crippen molar-refractivity contribution in [1.29, 1.82) is 0 Å². The van der Waals surface area contributed by atoms with Crippen molar-refractivity contribution in [2.24, 2.45) is 34.5 Å². The first-order chi connectivity index (χ1) is 32.6. The summed E-state index contributed by atoms with van der Waals surface area (Å²) in [5, 5.41) is 88.1. The first-order valence-electron chi connectivity index (χ1n) is 25.3. The number of hydrogen-bond acceptors (Lipinski definition) is 20. The molecule has 4 saturated heterocycles. The molecule has 0 amide bonds. The SMILES string of the molecule is CC(=O)O[C@@H]1C[C@H](O[C@@H]2[C@H](O)C[C@@H](O[C@@H]3[C@H](O)C[C@@H](O[C@@H]4CC[C@@]5(C)[C@H](CC[C@@H]6[C@@H]5C[C@H](O)[C@@]5(C)[C@@H](C7=CC(=O)OC7)CC[C@]65O)C4)O[C@@H]3C)O[C@@H]2C)O[C@H](C)[C@H]1O[C@H]1O[C@@H](CO)[C@H](O)[C@@H](O)[C@@H]1O. The minimum absolute atomic E-state index is 0.00421. The van der Waals surface area contributed by atoms with Crippen molar-refractivity contribution >= 4 is 11.9 Å². The predicted molar refractivity (Wildman–Crippen MR) is 235 cm³/mol. The molecular weight excluding hydrogens is 909 g/mol. The summed E-state index contributed by atoms with van der Waals surface area (Å²) in [6.07, 6.45) is -11.1. The van der Waals surface area contributed by atoms with Crippen LogP contribution >= 0.6 is 0 Å². The van der Waals surface area contributed by atoms with Crippen LogP contribution < -0.4 is 0 Å². The second-order valence-corrected chi connectivity index (χ2v) is 22.2. The fourth-order valence-corrected chi connectivity index (χ4v) is 14.6. The molecule has 20 nitrogen and oxygen atoms in total. The van der Waals surface area contributed by atoms with Crippen LogP contribution in [0.3, 0.4) is 0 Å². The van der Waals surface area contributed by atoms with Gasteiger partial charge in [-0.05, 0) is 107 Å². The van der Waals surface area contributed by atoms with Crippen molar-refractivity contribution in [1.82, 2.24) is 0 Å². The third-order valence-corrected chi connectivity index (χ3v) is 18.4. The van der Waals surface area contributed by atoms with Gasteiger partial charge in [0.15, 0.2) is 25.2 Å². The predicted octanol–water partition coefficient (Wildman–Crippen LogP) is 0.613. The molecule has 69 heavy (non-hydrogen) atoms. The number of aliphatic hydroxyl groups is 8. The van der Waals surface area contributed by atoms with Crippen LogP contribution in [0.25, 0.3) is 0 Å². The molecule has 4 saturated carbocycles. The van der Waals surface area contributed by atoms with E-state index in [4.69, 9.17) is 47.4 Å². The van der Waals surface area contributed by atoms with Crippen molar-refractivity contribution in [3.8, 4) is 0 Å². The van der Waals surface area contributed by atoms with Gasteiger partial charge in [-0.15, -0.1) is 0 Å². The van der Waals surface area contributed by atoms with Gasteiger partial charge in [-0.25, -0.2) is 4.79 Å². The van der Waals surface area contributed by atoms with Gasteiger partial charge in [-0.1, -0.05) is 13.8 Å². The topological polar surface area (TPSA) is 288 Å². The van der Waals surface area contributed by atoms with Crippen LogP contribution in [-0.4, -0.2) is 188 Å². The molecule has 0 bridgehead atoms. The smallest absolute Gasteiger partial charge is 0.331 e. The second-order valence-electron chi connectivity index (χ2n) is 22.2. The van der Waals surface area contributed by atoms with Crippen LogP contribution in [0.1, 0.15) is 112 Å². The number of carbonyl (C=O) groups is 2. The summed E-state index contributed by atoms with van der Waals surface area (Å²) < 4.78 is 60.1. The van der Waals surface area contributed by atoms with Gasteiger partial charge in [0.05, 0.1) is 54.9 Å². The van der Waals surface area contributed by atoms with Gasteiger partial charge in [0.25, 0.3) is 0 Å². The molecule has 20 heteroatoms. The lowest BCUT2D eigenvalue weighted by Crippen LogP contribution is -2.67. The fourth-order valence-electron chi connectivity index (χ4n) is 14.6. The summed E-state index contributed by atoms with van der Waals surface area (Å²) in [6.45, 7) is 10.3. The zero-order valence-corrected chi connectivity index (χ0v) is 40.5. The standard InChI is InChI=1S/C49H76O20/c1-21-43(67-38-17-32(53)44(22(2)62-38)68-39-18-33(64-24(4)51)45(23(3)63-39)69-46-42(58)41(57)40(56)34(19-50)66-46)31(52)16-37(61-21)65-27-9-11-47(5)26(14-27)7-8-29-30(47)15-35(54)48(6)28(10-12-49(29,48)59)25-13-36(55)60-20-25/h13,21-23,26-35,37-46,50,52-54,56-59H,7-12,14-20H2,1-6H3/t21-,22-,23-,26-,27-,28-,29-,30+,31-,32-,33-,34+,35+,37-,38-,39+,40+,41-,42+,43+,44+,45-,46-,47+,48-,49+/m1/s1. The highest BCUT2D eigenvalue weighted by Crippen LogP contribution is 2.70. The van der Waals surface area contributed by atoms with Gasteiger partial charge in [0, 0.05) is 37.7 Å². The zero-order valence-electron chi connectivity index (χ0n) is 40.5.